The topological polar surface area (TPSA) is 96.7 Å². The Bertz CT molecular complexity index is 649. The van der Waals surface area contributed by atoms with Crippen molar-refractivity contribution in [1.29, 1.82) is 0 Å². The van der Waals surface area contributed by atoms with E-state index in [1.807, 2.05) is 4.90 Å². The fourth-order valence-electron chi connectivity index (χ4n) is 3.45. The van der Waals surface area contributed by atoms with Gasteiger partial charge >= 0.3 is 6.03 Å². The van der Waals surface area contributed by atoms with Gasteiger partial charge in [-0.3, -0.25) is 4.79 Å². The van der Waals surface area contributed by atoms with Crippen LogP contribution in [0.4, 0.5) is 20.6 Å². The van der Waals surface area contributed by atoms with Gasteiger partial charge in [-0.15, -0.1) is 0 Å². The third kappa shape index (κ3) is 4.19. The fourth-order valence-corrected chi connectivity index (χ4v) is 3.45. The molecular weight excluding hydrogens is 327 g/mol. The minimum absolute atomic E-state index is 0.269. The Morgan fingerprint density at radius 2 is 2.00 bits per heavy atom. The number of anilines is 2. The van der Waals surface area contributed by atoms with Gasteiger partial charge in [0.25, 0.3) is 0 Å². The van der Waals surface area contributed by atoms with E-state index in [1.54, 1.807) is 12.1 Å². The van der Waals surface area contributed by atoms with Gasteiger partial charge in [0.05, 0.1) is 24.8 Å². The van der Waals surface area contributed by atoms with E-state index in [0.29, 0.717) is 50.5 Å². The van der Waals surface area contributed by atoms with Crippen molar-refractivity contribution in [1.82, 2.24) is 5.32 Å². The fraction of sp³-hybridized carbons (Fsp3) is 0.529. The molecule has 1 aromatic carbocycles. The first-order valence-electron chi connectivity index (χ1n) is 8.53. The highest BCUT2D eigenvalue weighted by Gasteiger charge is 2.32. The van der Waals surface area contributed by atoms with E-state index in [2.05, 4.69) is 10.6 Å². The lowest BCUT2D eigenvalue weighted by molar-refractivity contribution is -0.122. The number of halogens is 1. The number of nitrogens with one attached hydrogen (secondary N) is 2. The number of hydrogen-bond acceptors (Lipinski definition) is 4. The minimum atomic E-state index is -0.461. The van der Waals surface area contributed by atoms with Crippen LogP contribution in [-0.4, -0.2) is 44.3 Å². The van der Waals surface area contributed by atoms with Crippen LogP contribution in [-0.2, 0) is 9.53 Å². The zero-order chi connectivity index (χ0) is 17.8. The molecule has 0 unspecified atom stereocenters. The van der Waals surface area contributed by atoms with Crippen LogP contribution in [0, 0.1) is 11.7 Å². The van der Waals surface area contributed by atoms with Crippen LogP contribution in [0.2, 0.25) is 0 Å². The summed E-state index contributed by atoms with van der Waals surface area (Å²) in [5.74, 6) is -1.13. The molecule has 2 fully saturated rings. The number of morpholine rings is 1. The van der Waals surface area contributed by atoms with E-state index in [-0.39, 0.29) is 12.0 Å². The lowest BCUT2D eigenvalue weighted by Gasteiger charge is -2.29. The number of benzene rings is 1. The van der Waals surface area contributed by atoms with Gasteiger partial charge in [-0.05, 0) is 31.0 Å². The lowest BCUT2D eigenvalue weighted by Crippen LogP contribution is -2.44. The van der Waals surface area contributed by atoms with E-state index in [0.717, 1.165) is 6.42 Å². The van der Waals surface area contributed by atoms with Gasteiger partial charge in [0.1, 0.15) is 5.82 Å². The Hall–Kier alpha value is -2.35. The van der Waals surface area contributed by atoms with Crippen molar-refractivity contribution in [3.8, 4) is 0 Å². The number of hydrogen-bond donors (Lipinski definition) is 3. The summed E-state index contributed by atoms with van der Waals surface area (Å²) in [6, 6.07) is 3.88. The number of ether oxygens (including phenoxy) is 1. The summed E-state index contributed by atoms with van der Waals surface area (Å²) < 4.78 is 19.6. The molecular formula is C17H23FN4O3. The van der Waals surface area contributed by atoms with Gasteiger partial charge in [0.2, 0.25) is 5.91 Å². The summed E-state index contributed by atoms with van der Waals surface area (Å²) in [7, 11) is 0. The third-order valence-electron chi connectivity index (χ3n) is 4.76. The molecule has 3 amide bonds. The first-order valence-corrected chi connectivity index (χ1v) is 8.53. The predicted molar refractivity (Wildman–Crippen MR) is 91.9 cm³/mol. The van der Waals surface area contributed by atoms with Gasteiger partial charge in [-0.1, -0.05) is 6.42 Å². The Balaban J connectivity index is 1.60. The van der Waals surface area contributed by atoms with Crippen LogP contribution in [0.1, 0.15) is 19.3 Å². The number of nitrogens with zero attached hydrogens (tertiary/aromatic N) is 1. The van der Waals surface area contributed by atoms with Crippen molar-refractivity contribution < 1.29 is 18.7 Å². The highest BCUT2D eigenvalue weighted by molar-refractivity contribution is 5.90. The van der Waals surface area contributed by atoms with E-state index in [4.69, 9.17) is 10.5 Å². The van der Waals surface area contributed by atoms with Crippen molar-refractivity contribution in [3.05, 3.63) is 24.0 Å². The normalized spacial score (nSPS) is 23.3. The molecule has 0 radical (unpaired) electrons. The third-order valence-corrected chi connectivity index (χ3v) is 4.76. The van der Waals surface area contributed by atoms with Crippen molar-refractivity contribution in [2.24, 2.45) is 11.7 Å². The van der Waals surface area contributed by atoms with Gasteiger partial charge in [0.15, 0.2) is 0 Å². The number of carbonyl (C=O) groups excluding carboxylic acids is 2. The molecule has 0 spiro atoms. The molecule has 1 aliphatic heterocycles. The molecule has 0 bridgehead atoms. The Kier molecular flexibility index (Phi) is 5.37. The largest absolute Gasteiger partial charge is 0.378 e. The Labute approximate surface area is 145 Å². The van der Waals surface area contributed by atoms with E-state index in [9.17, 15) is 14.0 Å². The van der Waals surface area contributed by atoms with Crippen LogP contribution in [0.3, 0.4) is 0 Å². The second-order valence-corrected chi connectivity index (χ2v) is 6.41. The molecule has 2 atom stereocenters. The van der Waals surface area contributed by atoms with E-state index < -0.39 is 17.8 Å². The molecule has 1 saturated carbocycles. The van der Waals surface area contributed by atoms with Crippen LogP contribution in [0.15, 0.2) is 18.2 Å². The highest BCUT2D eigenvalue weighted by Crippen LogP contribution is 2.26. The molecule has 0 aromatic heterocycles. The van der Waals surface area contributed by atoms with Gasteiger partial charge in [-0.2, -0.15) is 0 Å². The van der Waals surface area contributed by atoms with E-state index >= 15 is 0 Å². The summed E-state index contributed by atoms with van der Waals surface area (Å²) in [5.41, 5.74) is 6.21. The van der Waals surface area contributed by atoms with Gasteiger partial charge < -0.3 is 26.0 Å². The molecule has 1 heterocycles. The lowest BCUT2D eigenvalue weighted by atomic mass is 10.0. The molecule has 3 rings (SSSR count). The number of primary amides is 1. The van der Waals surface area contributed by atoms with Crippen molar-refractivity contribution in [3.63, 3.8) is 0 Å². The average Bonchev–Trinajstić information content (AvgIpc) is 3.04. The zero-order valence-corrected chi connectivity index (χ0v) is 14.0. The standard InChI is InChI=1S/C17H23FN4O3/c18-13-10-11(4-5-15(13)22-6-8-25-9-7-22)20-17(24)21-14-3-1-2-12(14)16(19)23/h4-5,10,12,14H,1-3,6-9H2,(H2,19,23)(H2,20,21,24)/t12-,14-/m1/s1. The smallest absolute Gasteiger partial charge is 0.319 e. The van der Waals surface area contributed by atoms with Crippen LogP contribution < -0.4 is 21.3 Å². The molecule has 1 aromatic rings. The summed E-state index contributed by atoms with van der Waals surface area (Å²) in [4.78, 5) is 25.4. The van der Waals surface area contributed by atoms with Gasteiger partial charge in [-0.25, -0.2) is 9.18 Å². The number of rotatable bonds is 4. The SMILES string of the molecule is NC(=O)[C@@H]1CCC[C@H]1NC(=O)Nc1ccc(N2CCOCC2)c(F)c1. The van der Waals surface area contributed by atoms with Crippen LogP contribution >= 0.6 is 0 Å². The van der Waals surface area contributed by atoms with Crippen molar-refractivity contribution in [2.75, 3.05) is 36.5 Å². The van der Waals surface area contributed by atoms with Gasteiger partial charge in [0, 0.05) is 24.8 Å². The summed E-state index contributed by atoms with van der Waals surface area (Å²) in [6.45, 7) is 2.43. The second kappa shape index (κ2) is 7.69. The first-order chi connectivity index (χ1) is 12.0. The monoisotopic (exact) mass is 350 g/mol. The summed E-state index contributed by atoms with van der Waals surface area (Å²) in [5, 5.41) is 5.37. The summed E-state index contributed by atoms with van der Waals surface area (Å²) in [6.07, 6.45) is 2.25. The summed E-state index contributed by atoms with van der Waals surface area (Å²) >= 11 is 0. The molecule has 2 aliphatic rings. The molecule has 136 valence electrons. The Morgan fingerprint density at radius 3 is 2.68 bits per heavy atom. The highest BCUT2D eigenvalue weighted by atomic mass is 19.1. The Morgan fingerprint density at radius 1 is 1.24 bits per heavy atom. The average molecular weight is 350 g/mol. The first kappa shape index (κ1) is 17.5. The van der Waals surface area contributed by atoms with Crippen molar-refractivity contribution >= 4 is 23.3 Å². The predicted octanol–water partition coefficient (Wildman–Crippen LogP) is 1.44. The molecule has 25 heavy (non-hydrogen) atoms. The molecule has 1 saturated heterocycles. The number of amides is 3. The van der Waals surface area contributed by atoms with Crippen molar-refractivity contribution in [2.45, 2.75) is 25.3 Å². The maximum absolute atomic E-state index is 14.3. The minimum Gasteiger partial charge on any atom is -0.378 e. The van der Waals surface area contributed by atoms with Crippen LogP contribution in [0.5, 0.6) is 0 Å². The zero-order valence-electron chi connectivity index (χ0n) is 14.0. The number of urea groups is 1. The molecule has 8 heteroatoms. The second-order valence-electron chi connectivity index (χ2n) is 6.41. The maximum Gasteiger partial charge on any atom is 0.319 e. The quantitative estimate of drug-likeness (QED) is 0.765. The molecule has 7 nitrogen and oxygen atoms in total. The maximum atomic E-state index is 14.3. The van der Waals surface area contributed by atoms with Crippen LogP contribution in [0.25, 0.3) is 0 Å². The molecule has 4 N–H and O–H groups in total. The van der Waals surface area contributed by atoms with E-state index in [1.165, 1.54) is 6.07 Å². The molecule has 1 aliphatic carbocycles. The number of carbonyl (C=O) groups is 2. The number of nitrogens with two attached hydrogens (primary N) is 1.